The fraction of sp³-hybridized carbons (Fsp3) is 1.00. The quantitative estimate of drug-likeness (QED) is 0.751. The maximum Gasteiger partial charge on any atom is 0.0666 e. The second-order valence-electron chi connectivity index (χ2n) is 4.82. The van der Waals surface area contributed by atoms with Gasteiger partial charge < -0.3 is 10.1 Å². The monoisotopic (exact) mass is 199 g/mol. The first-order chi connectivity index (χ1) is 6.59. The van der Waals surface area contributed by atoms with Crippen molar-refractivity contribution in [1.82, 2.24) is 5.32 Å². The average Bonchev–Trinajstić information content (AvgIpc) is 2.18. The van der Waals surface area contributed by atoms with Crippen LogP contribution in [0, 0.1) is 0 Å². The lowest BCUT2D eigenvalue weighted by Gasteiger charge is -2.39. The van der Waals surface area contributed by atoms with E-state index in [1.54, 1.807) is 0 Å². The first kappa shape index (κ1) is 12.0. The molecule has 0 aromatic carbocycles. The van der Waals surface area contributed by atoms with Crippen LogP contribution in [0.3, 0.4) is 0 Å². The topological polar surface area (TPSA) is 21.3 Å². The van der Waals surface area contributed by atoms with Gasteiger partial charge in [0.2, 0.25) is 0 Å². The molecule has 3 unspecified atom stereocenters. The summed E-state index contributed by atoms with van der Waals surface area (Å²) >= 11 is 0. The lowest BCUT2D eigenvalue weighted by molar-refractivity contribution is -0.0789. The van der Waals surface area contributed by atoms with Gasteiger partial charge in [0.25, 0.3) is 0 Å². The molecule has 1 saturated heterocycles. The molecule has 1 rings (SSSR count). The van der Waals surface area contributed by atoms with E-state index >= 15 is 0 Å². The molecule has 1 N–H and O–H groups in total. The van der Waals surface area contributed by atoms with Crippen LogP contribution in [-0.4, -0.2) is 24.3 Å². The van der Waals surface area contributed by atoms with Crippen molar-refractivity contribution >= 4 is 0 Å². The SMILES string of the molecule is CCC(C)NC1CCOC(C)(CC)C1. The van der Waals surface area contributed by atoms with Crippen molar-refractivity contribution in [2.24, 2.45) is 0 Å². The predicted octanol–water partition coefficient (Wildman–Crippen LogP) is 2.72. The minimum atomic E-state index is 0.114. The normalized spacial score (nSPS) is 35.6. The highest BCUT2D eigenvalue weighted by molar-refractivity contribution is 4.86. The van der Waals surface area contributed by atoms with Crippen molar-refractivity contribution in [3.05, 3.63) is 0 Å². The lowest BCUT2D eigenvalue weighted by Crippen LogP contribution is -2.47. The summed E-state index contributed by atoms with van der Waals surface area (Å²) in [5.74, 6) is 0. The van der Waals surface area contributed by atoms with Crippen LogP contribution in [0.4, 0.5) is 0 Å². The molecule has 1 heterocycles. The summed E-state index contributed by atoms with van der Waals surface area (Å²) in [5, 5.41) is 3.68. The lowest BCUT2D eigenvalue weighted by atomic mass is 9.89. The highest BCUT2D eigenvalue weighted by Crippen LogP contribution is 2.27. The number of rotatable bonds is 4. The number of nitrogens with one attached hydrogen (secondary N) is 1. The van der Waals surface area contributed by atoms with Crippen LogP contribution in [0.1, 0.15) is 53.4 Å². The standard InChI is InChI=1S/C12H25NO/c1-5-10(3)13-11-7-8-14-12(4,6-2)9-11/h10-11,13H,5-9H2,1-4H3. The zero-order chi connectivity index (χ0) is 10.6. The number of hydrogen-bond donors (Lipinski definition) is 1. The highest BCUT2D eigenvalue weighted by Gasteiger charge is 2.31. The van der Waals surface area contributed by atoms with Crippen molar-refractivity contribution in [1.29, 1.82) is 0 Å². The van der Waals surface area contributed by atoms with Gasteiger partial charge in [-0.3, -0.25) is 0 Å². The van der Waals surface area contributed by atoms with Crippen LogP contribution in [-0.2, 0) is 4.74 Å². The number of ether oxygens (including phenoxy) is 1. The Morgan fingerprint density at radius 3 is 2.79 bits per heavy atom. The van der Waals surface area contributed by atoms with E-state index in [0.717, 1.165) is 19.4 Å². The Kier molecular flexibility index (Phi) is 4.39. The fourth-order valence-electron chi connectivity index (χ4n) is 2.04. The van der Waals surface area contributed by atoms with Gasteiger partial charge in [0.05, 0.1) is 5.60 Å². The van der Waals surface area contributed by atoms with E-state index in [-0.39, 0.29) is 5.60 Å². The first-order valence-corrected chi connectivity index (χ1v) is 5.99. The van der Waals surface area contributed by atoms with Crippen molar-refractivity contribution in [3.8, 4) is 0 Å². The van der Waals surface area contributed by atoms with Crippen LogP contribution in [0.15, 0.2) is 0 Å². The maximum absolute atomic E-state index is 5.82. The Morgan fingerprint density at radius 2 is 2.21 bits per heavy atom. The van der Waals surface area contributed by atoms with Crippen molar-refractivity contribution < 1.29 is 4.74 Å². The van der Waals surface area contributed by atoms with Crippen LogP contribution >= 0.6 is 0 Å². The van der Waals surface area contributed by atoms with E-state index in [9.17, 15) is 0 Å². The van der Waals surface area contributed by atoms with Gasteiger partial charge in [-0.05, 0) is 39.5 Å². The Morgan fingerprint density at radius 1 is 1.50 bits per heavy atom. The Bertz CT molecular complexity index is 172. The van der Waals surface area contributed by atoms with Gasteiger partial charge in [0.1, 0.15) is 0 Å². The van der Waals surface area contributed by atoms with E-state index in [2.05, 4.69) is 33.0 Å². The molecular formula is C12H25NO. The molecule has 0 saturated carbocycles. The molecular weight excluding hydrogens is 174 g/mol. The minimum absolute atomic E-state index is 0.114. The second-order valence-corrected chi connectivity index (χ2v) is 4.82. The van der Waals surface area contributed by atoms with E-state index in [4.69, 9.17) is 4.74 Å². The summed E-state index contributed by atoms with van der Waals surface area (Å²) in [5.41, 5.74) is 0.114. The highest BCUT2D eigenvalue weighted by atomic mass is 16.5. The minimum Gasteiger partial charge on any atom is -0.375 e. The predicted molar refractivity (Wildman–Crippen MR) is 60.6 cm³/mol. The third-order valence-corrected chi connectivity index (χ3v) is 3.48. The Labute approximate surface area is 88.4 Å². The maximum atomic E-state index is 5.82. The van der Waals surface area contributed by atoms with Crippen LogP contribution in [0.25, 0.3) is 0 Å². The summed E-state index contributed by atoms with van der Waals surface area (Å²) in [6.07, 6.45) is 4.65. The smallest absolute Gasteiger partial charge is 0.0666 e. The van der Waals surface area contributed by atoms with Gasteiger partial charge >= 0.3 is 0 Å². The molecule has 14 heavy (non-hydrogen) atoms. The molecule has 0 radical (unpaired) electrons. The molecule has 1 aliphatic heterocycles. The summed E-state index contributed by atoms with van der Waals surface area (Å²) in [6, 6.07) is 1.29. The Hall–Kier alpha value is -0.0800. The second kappa shape index (κ2) is 5.13. The summed E-state index contributed by atoms with van der Waals surface area (Å²) in [7, 11) is 0. The molecule has 0 spiro atoms. The zero-order valence-corrected chi connectivity index (χ0v) is 10.1. The molecule has 0 aromatic heterocycles. The van der Waals surface area contributed by atoms with Gasteiger partial charge in [0, 0.05) is 18.7 Å². The molecule has 0 amide bonds. The van der Waals surface area contributed by atoms with Gasteiger partial charge in [-0.1, -0.05) is 13.8 Å². The average molecular weight is 199 g/mol. The molecule has 3 atom stereocenters. The summed E-state index contributed by atoms with van der Waals surface area (Å²) in [4.78, 5) is 0. The zero-order valence-electron chi connectivity index (χ0n) is 10.1. The van der Waals surface area contributed by atoms with E-state index in [1.807, 2.05) is 0 Å². The molecule has 0 aliphatic carbocycles. The molecule has 0 aromatic rings. The molecule has 1 fully saturated rings. The van der Waals surface area contributed by atoms with Gasteiger partial charge in [-0.15, -0.1) is 0 Å². The van der Waals surface area contributed by atoms with Crippen LogP contribution in [0.5, 0.6) is 0 Å². The third kappa shape index (κ3) is 3.25. The fourth-order valence-corrected chi connectivity index (χ4v) is 2.04. The van der Waals surface area contributed by atoms with Crippen LogP contribution < -0.4 is 5.32 Å². The third-order valence-electron chi connectivity index (χ3n) is 3.48. The van der Waals surface area contributed by atoms with Crippen LogP contribution in [0.2, 0.25) is 0 Å². The molecule has 1 aliphatic rings. The Balaban J connectivity index is 2.40. The number of hydrogen-bond acceptors (Lipinski definition) is 2. The largest absolute Gasteiger partial charge is 0.375 e. The van der Waals surface area contributed by atoms with E-state index < -0.39 is 0 Å². The van der Waals surface area contributed by atoms with Crippen molar-refractivity contribution in [2.75, 3.05) is 6.61 Å². The van der Waals surface area contributed by atoms with Gasteiger partial charge in [0.15, 0.2) is 0 Å². The molecule has 2 heteroatoms. The first-order valence-electron chi connectivity index (χ1n) is 5.99. The molecule has 2 nitrogen and oxygen atoms in total. The summed E-state index contributed by atoms with van der Waals surface area (Å²) in [6.45, 7) is 9.86. The molecule has 84 valence electrons. The van der Waals surface area contributed by atoms with Crippen molar-refractivity contribution in [2.45, 2.75) is 71.1 Å². The van der Waals surface area contributed by atoms with Gasteiger partial charge in [-0.25, -0.2) is 0 Å². The molecule has 0 bridgehead atoms. The van der Waals surface area contributed by atoms with E-state index in [0.29, 0.717) is 12.1 Å². The van der Waals surface area contributed by atoms with E-state index in [1.165, 1.54) is 12.8 Å². The van der Waals surface area contributed by atoms with Gasteiger partial charge in [-0.2, -0.15) is 0 Å². The summed E-state index contributed by atoms with van der Waals surface area (Å²) < 4.78 is 5.82. The van der Waals surface area contributed by atoms with Crippen molar-refractivity contribution in [3.63, 3.8) is 0 Å².